The highest BCUT2D eigenvalue weighted by atomic mass is 16.6. The number of hydrogen-bond acceptors (Lipinski definition) is 4. The fourth-order valence-corrected chi connectivity index (χ4v) is 2.15. The molecule has 0 aromatic carbocycles. The van der Waals surface area contributed by atoms with Gasteiger partial charge in [0, 0.05) is 6.04 Å². The highest BCUT2D eigenvalue weighted by molar-refractivity contribution is 5.72. The molecule has 0 amide bonds. The number of esters is 1. The van der Waals surface area contributed by atoms with E-state index in [0.29, 0.717) is 12.8 Å². The summed E-state index contributed by atoms with van der Waals surface area (Å²) in [5, 5.41) is 12.0. The Morgan fingerprint density at radius 3 is 2.22 bits per heavy atom. The molecule has 2 N–H and O–H groups in total. The van der Waals surface area contributed by atoms with Gasteiger partial charge in [-0.15, -0.1) is 0 Å². The molecule has 0 saturated heterocycles. The maximum atomic E-state index is 11.5. The number of rotatable bonds is 4. The van der Waals surface area contributed by atoms with Crippen molar-refractivity contribution >= 4 is 11.9 Å². The molecule has 0 aromatic rings. The van der Waals surface area contributed by atoms with Crippen molar-refractivity contribution < 1.29 is 19.4 Å². The van der Waals surface area contributed by atoms with Gasteiger partial charge in [-0.05, 0) is 46.5 Å². The third-order valence-corrected chi connectivity index (χ3v) is 3.03. The van der Waals surface area contributed by atoms with Crippen LogP contribution in [0, 0.1) is 5.92 Å². The molecule has 0 spiro atoms. The van der Waals surface area contributed by atoms with Crippen LogP contribution in [0.5, 0.6) is 0 Å². The minimum atomic E-state index is -0.708. The van der Waals surface area contributed by atoms with E-state index in [0.717, 1.165) is 12.8 Å². The molecule has 1 saturated carbocycles. The predicted octanol–water partition coefficient (Wildman–Crippen LogP) is 1.56. The third-order valence-electron chi connectivity index (χ3n) is 3.03. The van der Waals surface area contributed by atoms with E-state index < -0.39 is 11.6 Å². The average Bonchev–Trinajstić information content (AvgIpc) is 2.24. The molecule has 0 radical (unpaired) electrons. The number of hydrogen-bond donors (Lipinski definition) is 2. The van der Waals surface area contributed by atoms with Gasteiger partial charge in [-0.25, -0.2) is 0 Å². The lowest BCUT2D eigenvalue weighted by molar-refractivity contribution is -0.154. The molecule has 5 heteroatoms. The van der Waals surface area contributed by atoms with E-state index in [2.05, 4.69) is 5.32 Å². The van der Waals surface area contributed by atoms with Crippen molar-refractivity contribution in [3.05, 3.63) is 0 Å². The van der Waals surface area contributed by atoms with Crippen LogP contribution in [0.4, 0.5) is 0 Å². The largest absolute Gasteiger partial charge is 0.481 e. The van der Waals surface area contributed by atoms with Crippen LogP contribution < -0.4 is 5.32 Å². The molecule has 0 heterocycles. The van der Waals surface area contributed by atoms with Crippen LogP contribution in [0.15, 0.2) is 0 Å². The summed E-state index contributed by atoms with van der Waals surface area (Å²) in [6, 6.07) is 0.230. The highest BCUT2D eigenvalue weighted by Crippen LogP contribution is 2.24. The number of carboxylic acid groups (broad SMARTS) is 1. The molecule has 0 atom stereocenters. The van der Waals surface area contributed by atoms with E-state index in [-0.39, 0.29) is 24.5 Å². The van der Waals surface area contributed by atoms with Crippen LogP contribution in [-0.4, -0.2) is 35.2 Å². The SMILES string of the molecule is CC(C)(C)OC(=O)CN[C@H]1CC[C@H](C(=O)O)CC1. The van der Waals surface area contributed by atoms with Crippen LogP contribution in [0.3, 0.4) is 0 Å². The molecule has 18 heavy (non-hydrogen) atoms. The molecule has 0 unspecified atom stereocenters. The number of carbonyl (C=O) groups is 2. The monoisotopic (exact) mass is 257 g/mol. The second-order valence-electron chi connectivity index (χ2n) is 5.85. The molecule has 1 rings (SSSR count). The average molecular weight is 257 g/mol. The zero-order chi connectivity index (χ0) is 13.8. The van der Waals surface area contributed by atoms with Gasteiger partial charge in [0.25, 0.3) is 0 Å². The van der Waals surface area contributed by atoms with Gasteiger partial charge in [-0.1, -0.05) is 0 Å². The lowest BCUT2D eigenvalue weighted by Crippen LogP contribution is -2.39. The fourth-order valence-electron chi connectivity index (χ4n) is 2.15. The van der Waals surface area contributed by atoms with Gasteiger partial charge in [-0.2, -0.15) is 0 Å². The van der Waals surface area contributed by atoms with E-state index in [4.69, 9.17) is 9.84 Å². The number of aliphatic carboxylic acids is 1. The summed E-state index contributed by atoms with van der Waals surface area (Å²) in [4.78, 5) is 22.3. The molecule has 5 nitrogen and oxygen atoms in total. The Morgan fingerprint density at radius 1 is 1.22 bits per heavy atom. The normalized spacial score (nSPS) is 24.6. The molecule has 0 bridgehead atoms. The molecule has 1 aliphatic carbocycles. The maximum Gasteiger partial charge on any atom is 0.320 e. The Morgan fingerprint density at radius 2 is 1.78 bits per heavy atom. The van der Waals surface area contributed by atoms with Crippen LogP contribution in [0.25, 0.3) is 0 Å². The molecule has 0 aliphatic heterocycles. The molecule has 104 valence electrons. The summed E-state index contributed by atoms with van der Waals surface area (Å²) in [6.07, 6.45) is 2.97. The summed E-state index contributed by atoms with van der Waals surface area (Å²) in [6.45, 7) is 5.70. The lowest BCUT2D eigenvalue weighted by Gasteiger charge is -2.27. The van der Waals surface area contributed by atoms with Crippen LogP contribution in [0.2, 0.25) is 0 Å². The third kappa shape index (κ3) is 5.49. The summed E-state index contributed by atoms with van der Waals surface area (Å²) < 4.78 is 5.19. The second kappa shape index (κ2) is 6.18. The number of carboxylic acids is 1. The smallest absolute Gasteiger partial charge is 0.320 e. The molecule has 1 aliphatic rings. The molecular formula is C13H23NO4. The minimum absolute atomic E-state index is 0.194. The first-order valence-electron chi connectivity index (χ1n) is 6.46. The van der Waals surface area contributed by atoms with Crippen molar-refractivity contribution in [3.63, 3.8) is 0 Å². The van der Waals surface area contributed by atoms with E-state index in [9.17, 15) is 9.59 Å². The van der Waals surface area contributed by atoms with Gasteiger partial charge < -0.3 is 15.2 Å². The van der Waals surface area contributed by atoms with Gasteiger partial charge in [0.1, 0.15) is 5.60 Å². The number of nitrogens with one attached hydrogen (secondary N) is 1. The van der Waals surface area contributed by atoms with E-state index >= 15 is 0 Å². The zero-order valence-corrected chi connectivity index (χ0v) is 11.4. The van der Waals surface area contributed by atoms with Crippen molar-refractivity contribution in [3.8, 4) is 0 Å². The first-order chi connectivity index (χ1) is 8.28. The second-order valence-corrected chi connectivity index (χ2v) is 5.85. The Balaban J connectivity index is 2.22. The van der Waals surface area contributed by atoms with E-state index in [1.54, 1.807) is 0 Å². The van der Waals surface area contributed by atoms with Gasteiger partial charge in [0.05, 0.1) is 12.5 Å². The van der Waals surface area contributed by atoms with Gasteiger partial charge in [0.2, 0.25) is 0 Å². The molecule has 1 fully saturated rings. The minimum Gasteiger partial charge on any atom is -0.481 e. The maximum absolute atomic E-state index is 11.5. The van der Waals surface area contributed by atoms with Crippen molar-refractivity contribution in [2.24, 2.45) is 5.92 Å². The first-order valence-corrected chi connectivity index (χ1v) is 6.46. The van der Waals surface area contributed by atoms with Crippen molar-refractivity contribution in [1.29, 1.82) is 0 Å². The van der Waals surface area contributed by atoms with Gasteiger partial charge >= 0.3 is 11.9 Å². The first kappa shape index (κ1) is 15.0. The predicted molar refractivity (Wildman–Crippen MR) is 67.2 cm³/mol. The molecule has 0 aromatic heterocycles. The van der Waals surface area contributed by atoms with Gasteiger partial charge in [-0.3, -0.25) is 9.59 Å². The van der Waals surface area contributed by atoms with Crippen molar-refractivity contribution in [2.45, 2.75) is 58.1 Å². The summed E-state index contributed by atoms with van der Waals surface area (Å²) in [7, 11) is 0. The lowest BCUT2D eigenvalue weighted by atomic mass is 9.86. The highest BCUT2D eigenvalue weighted by Gasteiger charge is 2.26. The summed E-state index contributed by atoms with van der Waals surface area (Å²) in [5.41, 5.74) is -0.459. The zero-order valence-electron chi connectivity index (χ0n) is 11.4. The van der Waals surface area contributed by atoms with E-state index in [1.807, 2.05) is 20.8 Å². The molecular weight excluding hydrogens is 234 g/mol. The Hall–Kier alpha value is -1.10. The van der Waals surface area contributed by atoms with Gasteiger partial charge in [0.15, 0.2) is 0 Å². The van der Waals surface area contributed by atoms with E-state index in [1.165, 1.54) is 0 Å². The Bertz CT molecular complexity index is 301. The standard InChI is InChI=1S/C13H23NO4/c1-13(2,3)18-11(15)8-14-10-6-4-9(5-7-10)12(16)17/h9-10,14H,4-8H2,1-3H3,(H,16,17)/t9-,10-. The Labute approximate surface area is 108 Å². The summed E-state index contributed by atoms with van der Waals surface area (Å²) in [5.74, 6) is -1.19. The van der Waals surface area contributed by atoms with Crippen LogP contribution in [-0.2, 0) is 14.3 Å². The number of ether oxygens (including phenoxy) is 1. The topological polar surface area (TPSA) is 75.6 Å². The quantitative estimate of drug-likeness (QED) is 0.747. The Kier molecular flexibility index (Phi) is 5.14. The van der Waals surface area contributed by atoms with Crippen LogP contribution in [0.1, 0.15) is 46.5 Å². The van der Waals surface area contributed by atoms with Crippen molar-refractivity contribution in [1.82, 2.24) is 5.32 Å². The fraction of sp³-hybridized carbons (Fsp3) is 0.846. The summed E-state index contributed by atoms with van der Waals surface area (Å²) >= 11 is 0. The van der Waals surface area contributed by atoms with Crippen LogP contribution >= 0.6 is 0 Å². The van der Waals surface area contributed by atoms with Crippen molar-refractivity contribution in [2.75, 3.05) is 6.54 Å². The number of carbonyl (C=O) groups excluding carboxylic acids is 1.